The lowest BCUT2D eigenvalue weighted by atomic mass is 10.1. The molecule has 1 heterocycles. The van der Waals surface area contributed by atoms with Crippen LogP contribution in [0.25, 0.3) is 0 Å². The maximum atomic E-state index is 11.6. The van der Waals surface area contributed by atoms with Gasteiger partial charge < -0.3 is 10.6 Å². The number of unbranched alkanes of at least 4 members (excludes halogenated alkanes) is 5. The molecule has 1 unspecified atom stereocenters. The van der Waals surface area contributed by atoms with Gasteiger partial charge in [0, 0.05) is 25.4 Å². The van der Waals surface area contributed by atoms with Crippen molar-refractivity contribution in [1.82, 2.24) is 4.90 Å². The molecule has 0 aliphatic carbocycles. The van der Waals surface area contributed by atoms with Gasteiger partial charge in [0.15, 0.2) is 0 Å². The van der Waals surface area contributed by atoms with Gasteiger partial charge in [0.05, 0.1) is 0 Å². The van der Waals surface area contributed by atoms with Crippen molar-refractivity contribution in [3.63, 3.8) is 0 Å². The van der Waals surface area contributed by atoms with E-state index < -0.39 is 0 Å². The lowest BCUT2D eigenvalue weighted by Gasteiger charge is -2.15. The fourth-order valence-electron chi connectivity index (χ4n) is 2.25. The molecule has 0 radical (unpaired) electrons. The first-order valence-corrected chi connectivity index (χ1v) is 6.72. The van der Waals surface area contributed by atoms with Crippen LogP contribution in [-0.2, 0) is 4.79 Å². The molecule has 17 heavy (non-hydrogen) atoms. The minimum Gasteiger partial charge on any atom is -0.341 e. The number of nitrogens with two attached hydrogens (primary N) is 1. The normalized spacial score (nSPS) is 19.6. The van der Waals surface area contributed by atoms with E-state index in [9.17, 15) is 4.79 Å². The predicted octanol–water partition coefficient (Wildman–Crippen LogP) is 1.77. The number of nitrogens with zero attached hydrogens (tertiary/aromatic N) is 1. The van der Waals surface area contributed by atoms with E-state index in [0.717, 1.165) is 32.5 Å². The maximum Gasteiger partial charge on any atom is 0.223 e. The summed E-state index contributed by atoms with van der Waals surface area (Å²) in [6.07, 6.45) is 13.1. The number of carbonyl (C=O) groups excluding carboxylic acids is 1. The van der Waals surface area contributed by atoms with E-state index in [0.29, 0.717) is 6.42 Å². The highest BCUT2D eigenvalue weighted by Gasteiger charge is 2.27. The summed E-state index contributed by atoms with van der Waals surface area (Å²) in [5.74, 6) is 3.05. The summed E-state index contributed by atoms with van der Waals surface area (Å²) in [7, 11) is 0. The van der Waals surface area contributed by atoms with Crippen LogP contribution in [0.3, 0.4) is 0 Å². The highest BCUT2D eigenvalue weighted by Crippen LogP contribution is 2.17. The van der Waals surface area contributed by atoms with Crippen LogP contribution in [-0.4, -0.2) is 30.4 Å². The van der Waals surface area contributed by atoms with Gasteiger partial charge in [0.1, 0.15) is 0 Å². The van der Waals surface area contributed by atoms with Crippen molar-refractivity contribution in [2.45, 2.75) is 44.9 Å². The molecular weight excluding hydrogens is 212 g/mol. The predicted molar refractivity (Wildman–Crippen MR) is 70.3 cm³/mol. The molecule has 3 heteroatoms. The molecule has 0 bridgehead atoms. The molecule has 0 aromatic carbocycles. The molecule has 2 N–H and O–H groups in total. The lowest BCUT2D eigenvalue weighted by Crippen LogP contribution is -2.26. The van der Waals surface area contributed by atoms with E-state index in [1.165, 1.54) is 25.7 Å². The number of rotatable bonds is 8. The minimum absolute atomic E-state index is 0.145. The van der Waals surface area contributed by atoms with Crippen LogP contribution in [0, 0.1) is 18.3 Å². The molecule has 3 nitrogen and oxygen atoms in total. The SMILES string of the molecule is C#CC1CC(=O)N(CCCCCCCCN)C1. The van der Waals surface area contributed by atoms with Gasteiger partial charge in [-0.2, -0.15) is 0 Å². The third-order valence-corrected chi connectivity index (χ3v) is 3.33. The Morgan fingerprint density at radius 2 is 1.88 bits per heavy atom. The summed E-state index contributed by atoms with van der Waals surface area (Å²) in [5.41, 5.74) is 5.43. The molecule has 1 saturated heterocycles. The highest BCUT2D eigenvalue weighted by atomic mass is 16.2. The topological polar surface area (TPSA) is 46.3 Å². The van der Waals surface area contributed by atoms with Crippen molar-refractivity contribution in [2.24, 2.45) is 11.7 Å². The molecule has 1 atom stereocenters. The minimum atomic E-state index is 0.145. The van der Waals surface area contributed by atoms with Gasteiger partial charge in [-0.15, -0.1) is 12.3 Å². The van der Waals surface area contributed by atoms with Gasteiger partial charge in [-0.1, -0.05) is 25.7 Å². The highest BCUT2D eigenvalue weighted by molar-refractivity contribution is 5.79. The largest absolute Gasteiger partial charge is 0.341 e. The molecule has 96 valence electrons. The summed E-state index contributed by atoms with van der Waals surface area (Å²) >= 11 is 0. The number of likely N-dealkylation sites (tertiary alicyclic amines) is 1. The zero-order valence-corrected chi connectivity index (χ0v) is 10.7. The summed E-state index contributed by atoms with van der Waals surface area (Å²) in [6, 6.07) is 0. The summed E-state index contributed by atoms with van der Waals surface area (Å²) in [5, 5.41) is 0. The van der Waals surface area contributed by atoms with Crippen LogP contribution in [0.2, 0.25) is 0 Å². The fraction of sp³-hybridized carbons (Fsp3) is 0.786. The molecule has 1 aliphatic rings. The number of hydrogen-bond acceptors (Lipinski definition) is 2. The second kappa shape index (κ2) is 8.14. The van der Waals surface area contributed by atoms with Crippen LogP contribution >= 0.6 is 0 Å². The fourth-order valence-corrected chi connectivity index (χ4v) is 2.25. The quantitative estimate of drug-likeness (QED) is 0.515. The van der Waals surface area contributed by atoms with Gasteiger partial charge in [0.2, 0.25) is 5.91 Å². The molecule has 0 spiro atoms. The first-order chi connectivity index (χ1) is 8.27. The Hall–Kier alpha value is -1.01. The molecular formula is C14H24N2O. The summed E-state index contributed by atoms with van der Waals surface area (Å²) < 4.78 is 0. The van der Waals surface area contributed by atoms with Crippen LogP contribution < -0.4 is 5.73 Å². The van der Waals surface area contributed by atoms with E-state index >= 15 is 0 Å². The zero-order valence-electron chi connectivity index (χ0n) is 10.7. The Kier molecular flexibility index (Phi) is 6.73. The molecule has 1 fully saturated rings. The number of hydrogen-bond donors (Lipinski definition) is 1. The summed E-state index contributed by atoms with van der Waals surface area (Å²) in [4.78, 5) is 13.5. The Bertz CT molecular complexity index is 270. The Balaban J connectivity index is 2.00. The van der Waals surface area contributed by atoms with Gasteiger partial charge in [0.25, 0.3) is 0 Å². The van der Waals surface area contributed by atoms with Crippen LogP contribution in [0.5, 0.6) is 0 Å². The molecule has 1 amide bonds. The van der Waals surface area contributed by atoms with Gasteiger partial charge in [-0.25, -0.2) is 0 Å². The molecule has 1 rings (SSSR count). The zero-order chi connectivity index (χ0) is 12.5. The van der Waals surface area contributed by atoms with Crippen molar-refractivity contribution in [3.8, 4) is 12.3 Å². The van der Waals surface area contributed by atoms with E-state index in [-0.39, 0.29) is 11.8 Å². The van der Waals surface area contributed by atoms with Crippen LogP contribution in [0.1, 0.15) is 44.9 Å². The standard InChI is InChI=1S/C14H24N2O/c1-2-13-11-14(17)16(12-13)10-8-6-4-3-5-7-9-15/h1,13H,3-12,15H2. The third-order valence-electron chi connectivity index (χ3n) is 3.33. The Morgan fingerprint density at radius 1 is 1.24 bits per heavy atom. The second-order valence-electron chi connectivity index (χ2n) is 4.82. The second-order valence-corrected chi connectivity index (χ2v) is 4.82. The van der Waals surface area contributed by atoms with E-state index in [2.05, 4.69) is 5.92 Å². The number of amides is 1. The van der Waals surface area contributed by atoms with Crippen molar-refractivity contribution in [2.75, 3.05) is 19.6 Å². The van der Waals surface area contributed by atoms with E-state index in [4.69, 9.17) is 12.2 Å². The van der Waals surface area contributed by atoms with Gasteiger partial charge in [-0.3, -0.25) is 4.79 Å². The first kappa shape index (κ1) is 14.1. The summed E-state index contributed by atoms with van der Waals surface area (Å²) in [6.45, 7) is 2.45. The maximum absolute atomic E-state index is 11.6. The number of terminal acetylenes is 1. The molecule has 1 aliphatic heterocycles. The van der Waals surface area contributed by atoms with Crippen LogP contribution in [0.4, 0.5) is 0 Å². The Labute approximate surface area is 105 Å². The van der Waals surface area contributed by atoms with Crippen molar-refractivity contribution >= 4 is 5.91 Å². The van der Waals surface area contributed by atoms with Gasteiger partial charge >= 0.3 is 0 Å². The lowest BCUT2D eigenvalue weighted by molar-refractivity contribution is -0.127. The third kappa shape index (κ3) is 5.23. The average molecular weight is 236 g/mol. The molecule has 0 saturated carbocycles. The monoisotopic (exact) mass is 236 g/mol. The van der Waals surface area contributed by atoms with Crippen molar-refractivity contribution < 1.29 is 4.79 Å². The van der Waals surface area contributed by atoms with Crippen molar-refractivity contribution in [1.29, 1.82) is 0 Å². The van der Waals surface area contributed by atoms with Crippen molar-refractivity contribution in [3.05, 3.63) is 0 Å². The number of carbonyl (C=O) groups is 1. The molecule has 0 aromatic rings. The Morgan fingerprint density at radius 3 is 2.47 bits per heavy atom. The smallest absolute Gasteiger partial charge is 0.223 e. The van der Waals surface area contributed by atoms with E-state index in [1.807, 2.05) is 4.90 Å². The average Bonchev–Trinajstić information content (AvgIpc) is 2.69. The van der Waals surface area contributed by atoms with E-state index in [1.54, 1.807) is 0 Å². The first-order valence-electron chi connectivity index (χ1n) is 6.72. The van der Waals surface area contributed by atoms with Gasteiger partial charge in [-0.05, 0) is 19.4 Å². The molecule has 0 aromatic heterocycles. The van der Waals surface area contributed by atoms with Crippen LogP contribution in [0.15, 0.2) is 0 Å².